The zero-order chi connectivity index (χ0) is 16.2. The zero-order valence-corrected chi connectivity index (χ0v) is 14.3. The van der Waals surface area contributed by atoms with Gasteiger partial charge in [-0.3, -0.25) is 4.79 Å². The number of carbonyl (C=O) groups is 1. The molecule has 1 aliphatic rings. The summed E-state index contributed by atoms with van der Waals surface area (Å²) in [6.45, 7) is 5.72. The minimum absolute atomic E-state index is 0.210. The lowest BCUT2D eigenvalue weighted by Crippen LogP contribution is -2.39. The van der Waals surface area contributed by atoms with Gasteiger partial charge in [0.25, 0.3) is 0 Å². The SMILES string of the molecule is Cc1ccc(SCC(=O)N2CCC(c3nn[nH]n3)CC2)c(C)c1. The third kappa shape index (κ3) is 3.90. The maximum atomic E-state index is 12.4. The number of piperidine rings is 1. The van der Waals surface area contributed by atoms with Crippen molar-refractivity contribution in [2.75, 3.05) is 18.8 Å². The van der Waals surface area contributed by atoms with Crippen molar-refractivity contribution in [3.05, 3.63) is 35.2 Å². The Morgan fingerprint density at radius 2 is 2.13 bits per heavy atom. The number of aromatic nitrogens is 4. The number of hydrogen-bond acceptors (Lipinski definition) is 5. The second-order valence-corrected chi connectivity index (χ2v) is 7.00. The lowest BCUT2D eigenvalue weighted by Gasteiger charge is -2.30. The average Bonchev–Trinajstić information content (AvgIpc) is 3.08. The van der Waals surface area contributed by atoms with Crippen molar-refractivity contribution in [3.8, 4) is 0 Å². The molecule has 1 fully saturated rings. The van der Waals surface area contributed by atoms with E-state index < -0.39 is 0 Å². The van der Waals surface area contributed by atoms with Crippen LogP contribution in [0.5, 0.6) is 0 Å². The van der Waals surface area contributed by atoms with Gasteiger partial charge in [0.1, 0.15) is 0 Å². The highest BCUT2D eigenvalue weighted by Gasteiger charge is 2.26. The third-order valence-corrected chi connectivity index (χ3v) is 5.42. The second kappa shape index (κ2) is 7.12. The highest BCUT2D eigenvalue weighted by molar-refractivity contribution is 8.00. The summed E-state index contributed by atoms with van der Waals surface area (Å²) < 4.78 is 0. The van der Waals surface area contributed by atoms with Crippen molar-refractivity contribution in [1.82, 2.24) is 25.5 Å². The van der Waals surface area contributed by atoms with Gasteiger partial charge in [0.2, 0.25) is 5.91 Å². The molecule has 23 heavy (non-hydrogen) atoms. The maximum Gasteiger partial charge on any atom is 0.232 e. The van der Waals surface area contributed by atoms with E-state index in [1.54, 1.807) is 11.8 Å². The Balaban J connectivity index is 1.50. The van der Waals surface area contributed by atoms with E-state index in [9.17, 15) is 4.79 Å². The van der Waals surface area contributed by atoms with Crippen LogP contribution in [0.2, 0.25) is 0 Å². The molecule has 1 aromatic carbocycles. The first-order chi connectivity index (χ1) is 11.1. The highest BCUT2D eigenvalue weighted by atomic mass is 32.2. The Hall–Kier alpha value is -1.89. The molecule has 0 unspecified atom stereocenters. The Morgan fingerprint density at radius 3 is 2.78 bits per heavy atom. The van der Waals surface area contributed by atoms with Gasteiger partial charge in [-0.2, -0.15) is 5.21 Å². The Morgan fingerprint density at radius 1 is 1.35 bits per heavy atom. The van der Waals surface area contributed by atoms with Gasteiger partial charge in [-0.05, 0) is 38.3 Å². The van der Waals surface area contributed by atoms with Gasteiger partial charge in [0.15, 0.2) is 5.82 Å². The Kier molecular flexibility index (Phi) is 4.95. The lowest BCUT2D eigenvalue weighted by molar-refractivity contribution is -0.129. The topological polar surface area (TPSA) is 74.8 Å². The van der Waals surface area contributed by atoms with Crippen LogP contribution in [0.3, 0.4) is 0 Å². The summed E-state index contributed by atoms with van der Waals surface area (Å²) in [5.41, 5.74) is 2.49. The van der Waals surface area contributed by atoms with Crippen molar-refractivity contribution in [3.63, 3.8) is 0 Å². The lowest BCUT2D eigenvalue weighted by atomic mass is 9.96. The fourth-order valence-corrected chi connectivity index (χ4v) is 3.83. The molecule has 7 heteroatoms. The van der Waals surface area contributed by atoms with E-state index in [1.165, 1.54) is 16.0 Å². The molecule has 1 amide bonds. The second-order valence-electron chi connectivity index (χ2n) is 5.98. The van der Waals surface area contributed by atoms with E-state index in [4.69, 9.17) is 0 Å². The van der Waals surface area contributed by atoms with Crippen molar-refractivity contribution in [1.29, 1.82) is 0 Å². The molecule has 0 saturated carbocycles. The molecular weight excluding hydrogens is 310 g/mol. The molecular formula is C16H21N5OS. The number of nitrogens with one attached hydrogen (secondary N) is 1. The van der Waals surface area contributed by atoms with E-state index in [0.717, 1.165) is 31.8 Å². The van der Waals surface area contributed by atoms with Crippen LogP contribution < -0.4 is 0 Å². The van der Waals surface area contributed by atoms with Crippen LogP contribution in [-0.2, 0) is 4.79 Å². The number of aromatic amines is 1. The van der Waals surface area contributed by atoms with E-state index in [2.05, 4.69) is 52.7 Å². The first kappa shape index (κ1) is 16.0. The van der Waals surface area contributed by atoms with Crippen LogP contribution in [0.15, 0.2) is 23.1 Å². The summed E-state index contributed by atoms with van der Waals surface area (Å²) in [4.78, 5) is 15.5. The summed E-state index contributed by atoms with van der Waals surface area (Å²) >= 11 is 1.63. The molecule has 1 aliphatic heterocycles. The number of tetrazole rings is 1. The van der Waals surface area contributed by atoms with Crippen LogP contribution >= 0.6 is 11.8 Å². The van der Waals surface area contributed by atoms with Crippen molar-refractivity contribution in [2.24, 2.45) is 0 Å². The highest BCUT2D eigenvalue weighted by Crippen LogP contribution is 2.27. The molecule has 122 valence electrons. The predicted octanol–water partition coefficient (Wildman–Crippen LogP) is 2.31. The third-order valence-electron chi connectivity index (χ3n) is 4.26. The normalized spacial score (nSPS) is 15.8. The summed E-state index contributed by atoms with van der Waals surface area (Å²) in [5.74, 6) is 1.78. The molecule has 1 N–H and O–H groups in total. The molecule has 2 heterocycles. The number of aryl methyl sites for hydroxylation is 2. The van der Waals surface area contributed by atoms with Crippen LogP contribution in [0, 0.1) is 13.8 Å². The number of amides is 1. The van der Waals surface area contributed by atoms with Crippen LogP contribution in [0.1, 0.15) is 35.7 Å². The minimum atomic E-state index is 0.210. The number of carbonyl (C=O) groups excluding carboxylic acids is 1. The molecule has 0 bridgehead atoms. The van der Waals surface area contributed by atoms with Crippen molar-refractivity contribution >= 4 is 17.7 Å². The number of H-pyrrole nitrogens is 1. The first-order valence-corrected chi connectivity index (χ1v) is 8.83. The average molecular weight is 331 g/mol. The molecule has 0 aliphatic carbocycles. The molecule has 0 spiro atoms. The fraction of sp³-hybridized carbons (Fsp3) is 0.500. The van der Waals surface area contributed by atoms with Gasteiger partial charge in [-0.25, -0.2) is 0 Å². The van der Waals surface area contributed by atoms with Gasteiger partial charge < -0.3 is 4.90 Å². The Labute approximate surface area is 140 Å². The van der Waals surface area contributed by atoms with E-state index in [0.29, 0.717) is 11.7 Å². The predicted molar refractivity (Wildman–Crippen MR) is 89.4 cm³/mol. The minimum Gasteiger partial charge on any atom is -0.342 e. The monoisotopic (exact) mass is 331 g/mol. The maximum absolute atomic E-state index is 12.4. The summed E-state index contributed by atoms with van der Waals surface area (Å²) in [6.07, 6.45) is 1.80. The first-order valence-electron chi connectivity index (χ1n) is 7.84. The van der Waals surface area contributed by atoms with Gasteiger partial charge in [-0.15, -0.1) is 22.0 Å². The standard InChI is InChI=1S/C16H21N5OS/c1-11-3-4-14(12(2)9-11)23-10-15(22)21-7-5-13(6-8-21)16-17-19-20-18-16/h3-4,9,13H,5-8,10H2,1-2H3,(H,17,18,19,20). The number of benzene rings is 1. The molecule has 1 saturated heterocycles. The number of thioether (sulfide) groups is 1. The smallest absolute Gasteiger partial charge is 0.232 e. The van der Waals surface area contributed by atoms with E-state index >= 15 is 0 Å². The van der Waals surface area contributed by atoms with Crippen LogP contribution in [0.4, 0.5) is 0 Å². The van der Waals surface area contributed by atoms with Gasteiger partial charge >= 0.3 is 0 Å². The molecule has 6 nitrogen and oxygen atoms in total. The van der Waals surface area contributed by atoms with E-state index in [-0.39, 0.29) is 5.91 Å². The van der Waals surface area contributed by atoms with Gasteiger partial charge in [-0.1, -0.05) is 22.9 Å². The summed E-state index contributed by atoms with van der Waals surface area (Å²) in [7, 11) is 0. The summed E-state index contributed by atoms with van der Waals surface area (Å²) in [6, 6.07) is 6.35. The largest absolute Gasteiger partial charge is 0.342 e. The number of nitrogens with zero attached hydrogens (tertiary/aromatic N) is 4. The van der Waals surface area contributed by atoms with Gasteiger partial charge in [0.05, 0.1) is 5.75 Å². The quantitative estimate of drug-likeness (QED) is 0.870. The molecule has 1 aromatic heterocycles. The molecule has 0 atom stereocenters. The molecule has 2 aromatic rings. The van der Waals surface area contributed by atoms with E-state index in [1.807, 2.05) is 4.90 Å². The summed E-state index contributed by atoms with van der Waals surface area (Å²) in [5, 5.41) is 14.2. The van der Waals surface area contributed by atoms with Crippen molar-refractivity contribution in [2.45, 2.75) is 37.5 Å². The van der Waals surface area contributed by atoms with Crippen molar-refractivity contribution < 1.29 is 4.79 Å². The number of rotatable bonds is 4. The van der Waals surface area contributed by atoms with Crippen LogP contribution in [0.25, 0.3) is 0 Å². The molecule has 3 rings (SSSR count). The fourth-order valence-electron chi connectivity index (χ4n) is 2.92. The number of hydrogen-bond donors (Lipinski definition) is 1. The van der Waals surface area contributed by atoms with Gasteiger partial charge in [0, 0.05) is 23.9 Å². The zero-order valence-electron chi connectivity index (χ0n) is 13.5. The molecule has 0 radical (unpaired) electrons. The number of likely N-dealkylation sites (tertiary alicyclic amines) is 1. The Bertz CT molecular complexity index is 665. The van der Waals surface area contributed by atoms with Crippen LogP contribution in [-0.4, -0.2) is 50.3 Å².